The predicted octanol–water partition coefficient (Wildman–Crippen LogP) is -4.17. The third-order valence-corrected chi connectivity index (χ3v) is 3.08. The lowest BCUT2D eigenvalue weighted by Crippen LogP contribution is -2.47. The van der Waals surface area contributed by atoms with E-state index in [1.54, 1.807) is 0 Å². The first-order valence-electron chi connectivity index (χ1n) is 7.80. The van der Waals surface area contributed by atoms with Crippen molar-refractivity contribution in [3.05, 3.63) is 18.2 Å². The van der Waals surface area contributed by atoms with E-state index in [1.807, 2.05) is 0 Å². The Bertz CT molecular complexity index is 676. The Labute approximate surface area is 153 Å². The van der Waals surface area contributed by atoms with Crippen LogP contribution in [0.3, 0.4) is 0 Å². The molecule has 13 heteroatoms. The van der Waals surface area contributed by atoms with Gasteiger partial charge in [-0.05, 0) is 0 Å². The molecule has 1 aromatic heterocycles. The van der Waals surface area contributed by atoms with Crippen LogP contribution in [0, 0.1) is 0 Å². The van der Waals surface area contributed by atoms with Crippen molar-refractivity contribution in [2.24, 2.45) is 5.73 Å². The smallest absolute Gasteiger partial charge is 0.322 e. The summed E-state index contributed by atoms with van der Waals surface area (Å²) in [6.07, 6.45) is 3.20. The number of carbonyl (C=O) groups is 5. The number of aromatic amines is 1. The molecule has 8 N–H and O–H groups in total. The number of hydrogen-bond acceptors (Lipinski definition) is 7. The van der Waals surface area contributed by atoms with Crippen molar-refractivity contribution >= 4 is 29.6 Å². The standard InChI is InChI=1S/C14H21N7O6/c15-9(1-8-2-16-7-21-8)14(27)20-5-12(24)18-3-10(22)17-4-11(23)19-6-13(25)26/h2,7,9H,1,3-6,15H2,(H,16,21)(H,17,22)(H,18,24)(H,19,23)(H,20,27)(H,25,26). The van der Waals surface area contributed by atoms with Crippen LogP contribution in [-0.2, 0) is 30.4 Å². The van der Waals surface area contributed by atoms with Crippen molar-refractivity contribution in [2.75, 3.05) is 26.2 Å². The third kappa shape index (κ3) is 9.54. The first kappa shape index (κ1) is 21.6. The zero-order valence-electron chi connectivity index (χ0n) is 14.3. The molecule has 0 fully saturated rings. The molecule has 0 aliphatic carbocycles. The number of aromatic nitrogens is 2. The van der Waals surface area contributed by atoms with E-state index in [1.165, 1.54) is 12.5 Å². The van der Waals surface area contributed by atoms with Gasteiger partial charge in [0.1, 0.15) is 6.54 Å². The number of nitrogens with one attached hydrogen (secondary N) is 5. The molecule has 0 bridgehead atoms. The number of carboxylic acids is 1. The molecule has 0 aliphatic rings. The molecular weight excluding hydrogens is 362 g/mol. The number of imidazole rings is 1. The maximum atomic E-state index is 11.8. The van der Waals surface area contributed by atoms with E-state index in [2.05, 4.69) is 31.2 Å². The molecule has 1 rings (SSSR count). The average molecular weight is 383 g/mol. The van der Waals surface area contributed by atoms with E-state index in [9.17, 15) is 24.0 Å². The minimum atomic E-state index is -1.21. The van der Waals surface area contributed by atoms with Crippen LogP contribution < -0.4 is 27.0 Å². The first-order chi connectivity index (χ1) is 12.8. The highest BCUT2D eigenvalue weighted by Crippen LogP contribution is 1.95. The van der Waals surface area contributed by atoms with Gasteiger partial charge in [-0.25, -0.2) is 4.98 Å². The molecule has 4 amide bonds. The van der Waals surface area contributed by atoms with E-state index in [0.717, 1.165) is 0 Å². The molecule has 148 valence electrons. The second-order valence-corrected chi connectivity index (χ2v) is 5.33. The number of amides is 4. The van der Waals surface area contributed by atoms with Gasteiger partial charge >= 0.3 is 5.97 Å². The number of aliphatic carboxylic acids is 1. The molecule has 27 heavy (non-hydrogen) atoms. The van der Waals surface area contributed by atoms with Crippen LogP contribution in [0.4, 0.5) is 0 Å². The largest absolute Gasteiger partial charge is 0.480 e. The fourth-order valence-corrected chi connectivity index (χ4v) is 1.74. The van der Waals surface area contributed by atoms with Crippen molar-refractivity contribution in [3.63, 3.8) is 0 Å². The number of nitrogens with two attached hydrogens (primary N) is 1. The SMILES string of the molecule is NC(Cc1cnc[nH]1)C(=O)NCC(=O)NCC(=O)NCC(=O)NCC(=O)O. The fourth-order valence-electron chi connectivity index (χ4n) is 1.74. The Balaban J connectivity index is 2.16. The van der Waals surface area contributed by atoms with Gasteiger partial charge in [0.25, 0.3) is 0 Å². The maximum absolute atomic E-state index is 11.8. The van der Waals surface area contributed by atoms with Crippen molar-refractivity contribution in [3.8, 4) is 0 Å². The average Bonchev–Trinajstić information content (AvgIpc) is 3.13. The van der Waals surface area contributed by atoms with Crippen molar-refractivity contribution in [1.82, 2.24) is 31.2 Å². The lowest BCUT2D eigenvalue weighted by molar-refractivity contribution is -0.137. The lowest BCUT2D eigenvalue weighted by Gasteiger charge is -2.11. The van der Waals surface area contributed by atoms with Crippen LogP contribution in [0.25, 0.3) is 0 Å². The van der Waals surface area contributed by atoms with Gasteiger partial charge in [0, 0.05) is 18.3 Å². The van der Waals surface area contributed by atoms with Gasteiger partial charge in [-0.2, -0.15) is 0 Å². The summed E-state index contributed by atoms with van der Waals surface area (Å²) in [6, 6.07) is -0.870. The van der Waals surface area contributed by atoms with Crippen LogP contribution in [0.5, 0.6) is 0 Å². The van der Waals surface area contributed by atoms with Crippen molar-refractivity contribution in [1.29, 1.82) is 0 Å². The van der Waals surface area contributed by atoms with E-state index in [0.29, 0.717) is 5.69 Å². The van der Waals surface area contributed by atoms with Crippen LogP contribution in [-0.4, -0.2) is 76.9 Å². The fraction of sp³-hybridized carbons (Fsp3) is 0.429. The van der Waals surface area contributed by atoms with E-state index in [4.69, 9.17) is 10.8 Å². The molecule has 1 unspecified atom stereocenters. The number of rotatable bonds is 11. The quantitative estimate of drug-likeness (QED) is 0.199. The number of H-pyrrole nitrogens is 1. The highest BCUT2D eigenvalue weighted by molar-refractivity contribution is 5.91. The monoisotopic (exact) mass is 383 g/mol. The van der Waals surface area contributed by atoms with Gasteiger partial charge in [-0.1, -0.05) is 0 Å². The zero-order chi connectivity index (χ0) is 20.2. The second kappa shape index (κ2) is 11.2. The van der Waals surface area contributed by atoms with Gasteiger partial charge in [-0.15, -0.1) is 0 Å². The molecular formula is C14H21N7O6. The van der Waals surface area contributed by atoms with Gasteiger partial charge in [0.15, 0.2) is 0 Å². The predicted molar refractivity (Wildman–Crippen MR) is 89.9 cm³/mol. The summed E-state index contributed by atoms with van der Waals surface area (Å²) in [4.78, 5) is 62.9. The van der Waals surface area contributed by atoms with Crippen molar-refractivity contribution < 1.29 is 29.1 Å². The molecule has 0 aliphatic heterocycles. The zero-order valence-corrected chi connectivity index (χ0v) is 14.3. The van der Waals surface area contributed by atoms with E-state index < -0.39 is 55.3 Å². The van der Waals surface area contributed by atoms with Gasteiger partial charge in [0.2, 0.25) is 23.6 Å². The summed E-state index contributed by atoms with van der Waals surface area (Å²) < 4.78 is 0. The summed E-state index contributed by atoms with van der Waals surface area (Å²) in [5.41, 5.74) is 6.37. The summed E-state index contributed by atoms with van der Waals surface area (Å²) >= 11 is 0. The Hall–Kier alpha value is -3.48. The molecule has 0 saturated heterocycles. The number of hydrogen-bond donors (Lipinski definition) is 7. The Morgan fingerprint density at radius 3 is 1.96 bits per heavy atom. The molecule has 1 atom stereocenters. The maximum Gasteiger partial charge on any atom is 0.322 e. The van der Waals surface area contributed by atoms with Gasteiger partial charge in [-0.3, -0.25) is 24.0 Å². The third-order valence-electron chi connectivity index (χ3n) is 3.08. The molecule has 0 radical (unpaired) electrons. The molecule has 1 aromatic rings. The second-order valence-electron chi connectivity index (χ2n) is 5.33. The molecule has 0 spiro atoms. The number of carboxylic acid groups (broad SMARTS) is 1. The molecule has 13 nitrogen and oxygen atoms in total. The first-order valence-corrected chi connectivity index (χ1v) is 7.80. The highest BCUT2D eigenvalue weighted by atomic mass is 16.4. The number of carbonyl (C=O) groups excluding carboxylic acids is 4. The summed E-state index contributed by atoms with van der Waals surface area (Å²) in [5.74, 6) is -3.72. The van der Waals surface area contributed by atoms with E-state index in [-0.39, 0.29) is 13.0 Å². The Morgan fingerprint density at radius 1 is 0.963 bits per heavy atom. The minimum Gasteiger partial charge on any atom is -0.480 e. The van der Waals surface area contributed by atoms with Crippen LogP contribution >= 0.6 is 0 Å². The minimum absolute atomic E-state index is 0.222. The van der Waals surface area contributed by atoms with Gasteiger partial charge in [0.05, 0.1) is 32.0 Å². The highest BCUT2D eigenvalue weighted by Gasteiger charge is 2.16. The molecule has 0 aromatic carbocycles. The van der Waals surface area contributed by atoms with Crippen molar-refractivity contribution in [2.45, 2.75) is 12.5 Å². The van der Waals surface area contributed by atoms with Crippen LogP contribution in [0.1, 0.15) is 5.69 Å². The molecule has 0 saturated carbocycles. The summed E-state index contributed by atoms with van der Waals surface area (Å²) in [6.45, 7) is -1.78. The normalized spacial score (nSPS) is 11.1. The van der Waals surface area contributed by atoms with Gasteiger partial charge < -0.3 is 37.1 Å². The van der Waals surface area contributed by atoms with Crippen LogP contribution in [0.15, 0.2) is 12.5 Å². The van der Waals surface area contributed by atoms with E-state index >= 15 is 0 Å². The molecule has 1 heterocycles. The number of nitrogens with zero attached hydrogens (tertiary/aromatic N) is 1. The lowest BCUT2D eigenvalue weighted by atomic mass is 10.1. The summed E-state index contributed by atoms with van der Waals surface area (Å²) in [5, 5.41) is 17.2. The topological polar surface area (TPSA) is 208 Å². The Morgan fingerprint density at radius 2 is 1.48 bits per heavy atom. The summed E-state index contributed by atoms with van der Waals surface area (Å²) in [7, 11) is 0. The van der Waals surface area contributed by atoms with Crippen LogP contribution in [0.2, 0.25) is 0 Å². The Kier molecular flexibility index (Phi) is 8.94.